The predicted octanol–water partition coefficient (Wildman–Crippen LogP) is 2.40. The Balaban J connectivity index is 1.43. The van der Waals surface area contributed by atoms with Gasteiger partial charge in [-0.2, -0.15) is 0 Å². The van der Waals surface area contributed by atoms with Gasteiger partial charge < -0.3 is 14.8 Å². The van der Waals surface area contributed by atoms with Crippen LogP contribution < -0.4 is 9.80 Å². The number of piperazine rings is 1. The zero-order chi connectivity index (χ0) is 17.7. The van der Waals surface area contributed by atoms with E-state index >= 15 is 0 Å². The smallest absolute Gasteiger partial charge is 0.324 e. The molecular weight excluding hydrogens is 328 g/mol. The Morgan fingerprint density at radius 1 is 1.12 bits per heavy atom. The van der Waals surface area contributed by atoms with Crippen molar-refractivity contribution in [2.75, 3.05) is 36.0 Å². The van der Waals surface area contributed by atoms with E-state index in [1.807, 2.05) is 46.3 Å². The first kappa shape index (κ1) is 15.2. The third-order valence-corrected chi connectivity index (χ3v) is 5.37. The van der Waals surface area contributed by atoms with Gasteiger partial charge in [0.25, 0.3) is 0 Å². The summed E-state index contributed by atoms with van der Waals surface area (Å²) in [5.41, 5.74) is 2.97. The molecule has 1 atom stereocenters. The second kappa shape index (κ2) is 5.72. The van der Waals surface area contributed by atoms with Gasteiger partial charge in [0.15, 0.2) is 0 Å². The standard InChI is InChI=1S/C19H20N6O/c1-13-9-20-17-16(13)18(22-12-21-17)23-7-8-24-15(10-23)11-25(19(24)26)14-5-3-2-4-6-14/h2-6,9,12,15H,7-8,10-11H2,1H3,(H,20,21,22). The molecule has 2 aromatic heterocycles. The number of amides is 2. The number of hydrogen-bond donors (Lipinski definition) is 1. The number of para-hydroxylation sites is 1. The molecule has 7 nitrogen and oxygen atoms in total. The summed E-state index contributed by atoms with van der Waals surface area (Å²) >= 11 is 0. The van der Waals surface area contributed by atoms with Crippen molar-refractivity contribution in [3.8, 4) is 0 Å². The lowest BCUT2D eigenvalue weighted by Crippen LogP contribution is -2.52. The van der Waals surface area contributed by atoms with Crippen LogP contribution in [0.2, 0.25) is 0 Å². The fourth-order valence-corrected chi connectivity index (χ4v) is 4.06. The van der Waals surface area contributed by atoms with Crippen molar-refractivity contribution >= 4 is 28.6 Å². The molecule has 4 heterocycles. The van der Waals surface area contributed by atoms with Crippen LogP contribution in [-0.2, 0) is 0 Å². The molecule has 0 bridgehead atoms. The molecule has 2 saturated heterocycles. The van der Waals surface area contributed by atoms with Crippen molar-refractivity contribution in [3.63, 3.8) is 0 Å². The van der Waals surface area contributed by atoms with Crippen LogP contribution in [0.4, 0.5) is 16.3 Å². The molecule has 2 amide bonds. The summed E-state index contributed by atoms with van der Waals surface area (Å²) in [6.07, 6.45) is 3.57. The van der Waals surface area contributed by atoms with E-state index in [-0.39, 0.29) is 12.1 Å². The van der Waals surface area contributed by atoms with Crippen molar-refractivity contribution in [1.82, 2.24) is 19.9 Å². The van der Waals surface area contributed by atoms with Crippen LogP contribution in [0.25, 0.3) is 11.0 Å². The molecule has 2 aliphatic rings. The van der Waals surface area contributed by atoms with Crippen LogP contribution in [0, 0.1) is 6.92 Å². The Morgan fingerprint density at radius 3 is 2.81 bits per heavy atom. The molecule has 0 radical (unpaired) electrons. The first-order chi connectivity index (χ1) is 12.7. The van der Waals surface area contributed by atoms with E-state index in [1.54, 1.807) is 6.33 Å². The highest BCUT2D eigenvalue weighted by atomic mass is 16.2. The van der Waals surface area contributed by atoms with Gasteiger partial charge in [-0.25, -0.2) is 14.8 Å². The molecule has 26 heavy (non-hydrogen) atoms. The number of H-pyrrole nitrogens is 1. The zero-order valence-corrected chi connectivity index (χ0v) is 14.6. The Kier molecular flexibility index (Phi) is 3.34. The number of aryl methyl sites for hydroxylation is 1. The third-order valence-electron chi connectivity index (χ3n) is 5.37. The third kappa shape index (κ3) is 2.23. The average Bonchev–Trinajstić information content (AvgIpc) is 3.23. The largest absolute Gasteiger partial charge is 0.352 e. The quantitative estimate of drug-likeness (QED) is 0.772. The van der Waals surface area contributed by atoms with Crippen molar-refractivity contribution in [2.24, 2.45) is 0 Å². The lowest BCUT2D eigenvalue weighted by molar-refractivity contribution is 0.199. The minimum absolute atomic E-state index is 0.103. The van der Waals surface area contributed by atoms with Gasteiger partial charge in [0.05, 0.1) is 11.4 Å². The van der Waals surface area contributed by atoms with Crippen molar-refractivity contribution in [2.45, 2.75) is 13.0 Å². The molecule has 5 rings (SSSR count). The minimum atomic E-state index is 0.103. The van der Waals surface area contributed by atoms with Gasteiger partial charge in [-0.15, -0.1) is 0 Å². The molecule has 2 fully saturated rings. The molecule has 0 aliphatic carbocycles. The Labute approximate surface area is 151 Å². The number of carbonyl (C=O) groups is 1. The number of anilines is 2. The summed E-state index contributed by atoms with van der Waals surface area (Å²) in [5, 5.41) is 1.07. The maximum atomic E-state index is 12.8. The van der Waals surface area contributed by atoms with Crippen LogP contribution in [0.3, 0.4) is 0 Å². The monoisotopic (exact) mass is 348 g/mol. The summed E-state index contributed by atoms with van der Waals surface area (Å²) in [5.74, 6) is 0.957. The van der Waals surface area contributed by atoms with Crippen molar-refractivity contribution in [3.05, 3.63) is 48.4 Å². The maximum Gasteiger partial charge on any atom is 0.324 e. The summed E-state index contributed by atoms with van der Waals surface area (Å²) in [6.45, 7) is 5.05. The molecule has 1 aromatic carbocycles. The first-order valence-corrected chi connectivity index (χ1v) is 8.89. The van der Waals surface area contributed by atoms with Crippen LogP contribution in [0.1, 0.15) is 5.56 Å². The van der Waals surface area contributed by atoms with Crippen LogP contribution in [0.15, 0.2) is 42.9 Å². The molecule has 132 valence electrons. The number of fused-ring (bicyclic) bond motifs is 2. The number of aromatic nitrogens is 3. The van der Waals surface area contributed by atoms with Gasteiger partial charge in [-0.05, 0) is 24.6 Å². The lowest BCUT2D eigenvalue weighted by atomic mass is 10.1. The van der Waals surface area contributed by atoms with Gasteiger partial charge in [-0.1, -0.05) is 18.2 Å². The van der Waals surface area contributed by atoms with Crippen molar-refractivity contribution < 1.29 is 4.79 Å². The average molecular weight is 348 g/mol. The SMILES string of the molecule is Cc1c[nH]c2ncnc(N3CCN4C(=O)N(c5ccccc5)CC4C3)c12. The lowest BCUT2D eigenvalue weighted by Gasteiger charge is -2.37. The van der Waals surface area contributed by atoms with E-state index < -0.39 is 0 Å². The summed E-state index contributed by atoms with van der Waals surface area (Å²) < 4.78 is 0. The molecule has 7 heteroatoms. The number of nitrogens with one attached hydrogen (secondary N) is 1. The maximum absolute atomic E-state index is 12.8. The molecular formula is C19H20N6O. The Hall–Kier alpha value is -3.09. The van der Waals surface area contributed by atoms with Crippen molar-refractivity contribution in [1.29, 1.82) is 0 Å². The number of nitrogens with zero attached hydrogens (tertiary/aromatic N) is 5. The molecule has 0 spiro atoms. The first-order valence-electron chi connectivity index (χ1n) is 8.89. The van der Waals surface area contributed by atoms with Crippen LogP contribution in [-0.4, -0.2) is 58.1 Å². The van der Waals surface area contributed by atoms with Gasteiger partial charge in [0, 0.05) is 38.1 Å². The number of carbonyl (C=O) groups excluding carboxylic acids is 1. The predicted molar refractivity (Wildman–Crippen MR) is 101 cm³/mol. The zero-order valence-electron chi connectivity index (χ0n) is 14.6. The number of aromatic amines is 1. The number of benzene rings is 1. The van der Waals surface area contributed by atoms with E-state index in [9.17, 15) is 4.79 Å². The highest BCUT2D eigenvalue weighted by Gasteiger charge is 2.41. The highest BCUT2D eigenvalue weighted by Crippen LogP contribution is 2.31. The number of hydrogen-bond acceptors (Lipinski definition) is 4. The number of rotatable bonds is 2. The second-order valence-corrected chi connectivity index (χ2v) is 6.91. The summed E-state index contributed by atoms with van der Waals surface area (Å²) in [4.78, 5) is 31.0. The van der Waals surface area contributed by atoms with E-state index in [1.165, 1.54) is 0 Å². The molecule has 0 saturated carbocycles. The van der Waals surface area contributed by atoms with E-state index in [4.69, 9.17) is 0 Å². The topological polar surface area (TPSA) is 68.4 Å². The molecule has 1 unspecified atom stereocenters. The van der Waals surface area contributed by atoms with Crippen LogP contribution >= 0.6 is 0 Å². The normalized spacial score (nSPS) is 20.1. The van der Waals surface area contributed by atoms with Gasteiger partial charge >= 0.3 is 6.03 Å². The molecule has 1 N–H and O–H groups in total. The second-order valence-electron chi connectivity index (χ2n) is 6.91. The van der Waals surface area contributed by atoms with E-state index in [2.05, 4.69) is 26.8 Å². The molecule has 3 aromatic rings. The van der Waals surface area contributed by atoms with E-state index in [0.717, 1.165) is 41.2 Å². The van der Waals surface area contributed by atoms with Gasteiger partial charge in [0.1, 0.15) is 17.8 Å². The fourth-order valence-electron chi connectivity index (χ4n) is 4.06. The Bertz CT molecular complexity index is 969. The molecule has 2 aliphatic heterocycles. The van der Waals surface area contributed by atoms with Gasteiger partial charge in [-0.3, -0.25) is 4.90 Å². The number of urea groups is 1. The summed E-state index contributed by atoms with van der Waals surface area (Å²) in [6, 6.07) is 10.2. The summed E-state index contributed by atoms with van der Waals surface area (Å²) in [7, 11) is 0. The Morgan fingerprint density at radius 2 is 1.96 bits per heavy atom. The van der Waals surface area contributed by atoms with Crippen LogP contribution in [0.5, 0.6) is 0 Å². The van der Waals surface area contributed by atoms with E-state index in [0.29, 0.717) is 13.1 Å². The highest BCUT2D eigenvalue weighted by molar-refractivity contribution is 5.95. The van der Waals surface area contributed by atoms with Gasteiger partial charge in [0.2, 0.25) is 0 Å². The minimum Gasteiger partial charge on any atom is -0.352 e. The fraction of sp³-hybridized carbons (Fsp3) is 0.316.